The molecule has 0 aromatic heterocycles. The Balaban J connectivity index is 1.87. The lowest BCUT2D eigenvalue weighted by Crippen LogP contribution is -2.05. The summed E-state index contributed by atoms with van der Waals surface area (Å²) in [7, 11) is 0. The fourth-order valence-electron chi connectivity index (χ4n) is 2.92. The Hall–Kier alpha value is -3.07. The van der Waals surface area contributed by atoms with Gasteiger partial charge in [-0.2, -0.15) is 0 Å². The molecule has 0 aliphatic carbocycles. The number of hydrogen-bond acceptors (Lipinski definition) is 3. The van der Waals surface area contributed by atoms with Crippen LogP contribution in [-0.2, 0) is 19.6 Å². The van der Waals surface area contributed by atoms with Crippen LogP contribution in [0.4, 0.5) is 0 Å². The summed E-state index contributed by atoms with van der Waals surface area (Å²) in [6, 6.07) is 23.7. The van der Waals surface area contributed by atoms with Crippen molar-refractivity contribution < 1.29 is 14.3 Å². The van der Waals surface area contributed by atoms with Crippen LogP contribution in [0.25, 0.3) is 0 Å². The smallest absolute Gasteiger partial charge is 0.162 e. The Morgan fingerprint density at radius 2 is 1.26 bits per heavy atom. The van der Waals surface area contributed by atoms with Crippen molar-refractivity contribution in [1.82, 2.24) is 0 Å². The van der Waals surface area contributed by atoms with Crippen molar-refractivity contribution in [2.24, 2.45) is 0 Å². The predicted molar refractivity (Wildman–Crippen MR) is 107 cm³/mol. The number of Topliss-reactive ketones (excluding diaryl/α,β-unsaturated/α-hetero) is 1. The Kier molecular flexibility index (Phi) is 6.26. The van der Waals surface area contributed by atoms with Gasteiger partial charge in [-0.1, -0.05) is 67.6 Å². The van der Waals surface area contributed by atoms with E-state index in [4.69, 9.17) is 9.47 Å². The molecule has 3 aromatic carbocycles. The second-order valence-corrected chi connectivity index (χ2v) is 6.41. The third-order valence-corrected chi connectivity index (χ3v) is 4.40. The molecule has 27 heavy (non-hydrogen) atoms. The maximum atomic E-state index is 12.0. The summed E-state index contributed by atoms with van der Waals surface area (Å²) in [6.45, 7) is 4.49. The van der Waals surface area contributed by atoms with Gasteiger partial charge in [-0.3, -0.25) is 4.79 Å². The summed E-state index contributed by atoms with van der Waals surface area (Å²) in [5.41, 5.74) is 3.81. The van der Waals surface area contributed by atoms with E-state index in [-0.39, 0.29) is 5.78 Å². The summed E-state index contributed by atoms with van der Waals surface area (Å²) in [5.74, 6) is 1.29. The van der Waals surface area contributed by atoms with E-state index >= 15 is 0 Å². The van der Waals surface area contributed by atoms with Crippen LogP contribution in [0.5, 0.6) is 11.5 Å². The molecule has 0 fully saturated rings. The number of carbonyl (C=O) groups excluding carboxylic acids is 1. The lowest BCUT2D eigenvalue weighted by atomic mass is 10.0. The molecule has 0 unspecified atom stereocenters. The van der Waals surface area contributed by atoms with E-state index in [0.717, 1.165) is 23.1 Å². The Bertz CT molecular complexity index is 886. The summed E-state index contributed by atoms with van der Waals surface area (Å²) in [6.07, 6.45) is 0.759. The van der Waals surface area contributed by atoms with Gasteiger partial charge in [0.15, 0.2) is 17.3 Å². The Morgan fingerprint density at radius 3 is 1.70 bits per heavy atom. The van der Waals surface area contributed by atoms with Crippen LogP contribution in [0, 0.1) is 0 Å². The number of aryl methyl sites for hydroxylation is 1. The molecule has 138 valence electrons. The van der Waals surface area contributed by atoms with Gasteiger partial charge in [0.1, 0.15) is 13.2 Å². The third kappa shape index (κ3) is 4.98. The minimum atomic E-state index is 0.0334. The summed E-state index contributed by atoms with van der Waals surface area (Å²) >= 11 is 0. The van der Waals surface area contributed by atoms with Gasteiger partial charge in [0, 0.05) is 5.56 Å². The minimum absolute atomic E-state index is 0.0334. The van der Waals surface area contributed by atoms with Crippen molar-refractivity contribution in [2.45, 2.75) is 33.5 Å². The molecule has 0 radical (unpaired) electrons. The highest BCUT2D eigenvalue weighted by atomic mass is 16.5. The fraction of sp³-hybridized carbons (Fsp3) is 0.208. The molecule has 0 N–H and O–H groups in total. The van der Waals surface area contributed by atoms with E-state index in [9.17, 15) is 4.79 Å². The second-order valence-electron chi connectivity index (χ2n) is 6.41. The molecule has 0 aliphatic heterocycles. The quantitative estimate of drug-likeness (QED) is 0.490. The average molecular weight is 360 g/mol. The number of ketones is 1. The van der Waals surface area contributed by atoms with E-state index in [1.807, 2.05) is 79.7 Å². The van der Waals surface area contributed by atoms with Gasteiger partial charge in [-0.25, -0.2) is 0 Å². The van der Waals surface area contributed by atoms with Gasteiger partial charge in [0.25, 0.3) is 0 Å². The lowest BCUT2D eigenvalue weighted by Gasteiger charge is -2.16. The minimum Gasteiger partial charge on any atom is -0.485 e. The number of benzene rings is 3. The average Bonchev–Trinajstić information content (AvgIpc) is 2.72. The maximum absolute atomic E-state index is 12.0. The van der Waals surface area contributed by atoms with Crippen molar-refractivity contribution in [3.63, 3.8) is 0 Å². The van der Waals surface area contributed by atoms with Crippen LogP contribution in [0.15, 0.2) is 72.8 Å². The highest BCUT2D eigenvalue weighted by Crippen LogP contribution is 2.33. The SMILES string of the molecule is CCc1cc(OCc2ccccc2)c(OCc2ccccc2)cc1C(C)=O. The molecule has 3 rings (SSSR count). The topological polar surface area (TPSA) is 35.5 Å². The standard InChI is InChI=1S/C24H24O3/c1-3-21-14-23(26-16-19-10-6-4-7-11-19)24(15-22(21)18(2)25)27-17-20-12-8-5-9-13-20/h4-15H,3,16-17H2,1-2H3. The molecular formula is C24H24O3. The number of ether oxygens (including phenoxy) is 2. The molecule has 0 heterocycles. The number of hydrogen-bond donors (Lipinski definition) is 0. The van der Waals surface area contributed by atoms with Gasteiger partial charge < -0.3 is 9.47 Å². The molecule has 3 nitrogen and oxygen atoms in total. The van der Waals surface area contributed by atoms with E-state index in [2.05, 4.69) is 0 Å². The molecule has 0 spiro atoms. The zero-order valence-electron chi connectivity index (χ0n) is 15.8. The Labute approximate surface area is 160 Å². The number of rotatable bonds is 8. The van der Waals surface area contributed by atoms with Crippen molar-refractivity contribution >= 4 is 5.78 Å². The zero-order chi connectivity index (χ0) is 19.1. The van der Waals surface area contributed by atoms with E-state index in [1.54, 1.807) is 6.92 Å². The molecule has 0 bridgehead atoms. The van der Waals surface area contributed by atoms with Crippen LogP contribution >= 0.6 is 0 Å². The van der Waals surface area contributed by atoms with Gasteiger partial charge in [0.2, 0.25) is 0 Å². The van der Waals surface area contributed by atoms with E-state index < -0.39 is 0 Å². The highest BCUT2D eigenvalue weighted by Gasteiger charge is 2.15. The van der Waals surface area contributed by atoms with Crippen LogP contribution < -0.4 is 9.47 Å². The lowest BCUT2D eigenvalue weighted by molar-refractivity contribution is 0.101. The van der Waals surface area contributed by atoms with Gasteiger partial charge in [-0.15, -0.1) is 0 Å². The number of carbonyl (C=O) groups is 1. The van der Waals surface area contributed by atoms with Crippen molar-refractivity contribution in [2.75, 3.05) is 0 Å². The first-order valence-electron chi connectivity index (χ1n) is 9.18. The van der Waals surface area contributed by atoms with Crippen LogP contribution in [0.1, 0.15) is 40.9 Å². The molecule has 3 aromatic rings. The second kappa shape index (κ2) is 9.04. The molecule has 0 atom stereocenters. The summed E-state index contributed by atoms with van der Waals surface area (Å²) in [5, 5.41) is 0. The van der Waals surface area contributed by atoms with Crippen molar-refractivity contribution in [3.8, 4) is 11.5 Å². The van der Waals surface area contributed by atoms with Crippen LogP contribution in [-0.4, -0.2) is 5.78 Å². The first-order valence-corrected chi connectivity index (χ1v) is 9.18. The van der Waals surface area contributed by atoms with Gasteiger partial charge in [-0.05, 0) is 42.2 Å². The molecule has 0 amide bonds. The van der Waals surface area contributed by atoms with Crippen LogP contribution in [0.2, 0.25) is 0 Å². The van der Waals surface area contributed by atoms with Crippen molar-refractivity contribution in [3.05, 3.63) is 95.1 Å². The molecular weight excluding hydrogens is 336 g/mol. The van der Waals surface area contributed by atoms with E-state index in [0.29, 0.717) is 30.3 Å². The molecule has 0 aliphatic rings. The fourth-order valence-corrected chi connectivity index (χ4v) is 2.92. The third-order valence-electron chi connectivity index (χ3n) is 4.40. The molecule has 0 saturated carbocycles. The summed E-state index contributed by atoms with van der Waals surface area (Å²) in [4.78, 5) is 12.0. The first kappa shape index (κ1) is 18.7. The Morgan fingerprint density at radius 1 is 0.778 bits per heavy atom. The van der Waals surface area contributed by atoms with Gasteiger partial charge >= 0.3 is 0 Å². The molecule has 0 saturated heterocycles. The maximum Gasteiger partial charge on any atom is 0.162 e. The zero-order valence-corrected chi connectivity index (χ0v) is 15.8. The van der Waals surface area contributed by atoms with Crippen molar-refractivity contribution in [1.29, 1.82) is 0 Å². The van der Waals surface area contributed by atoms with E-state index in [1.165, 1.54) is 0 Å². The molecule has 3 heteroatoms. The predicted octanol–water partition coefficient (Wildman–Crippen LogP) is 5.61. The highest BCUT2D eigenvalue weighted by molar-refractivity contribution is 5.96. The van der Waals surface area contributed by atoms with Gasteiger partial charge in [0.05, 0.1) is 0 Å². The first-order chi connectivity index (χ1) is 13.2. The normalized spacial score (nSPS) is 10.4. The monoisotopic (exact) mass is 360 g/mol. The summed E-state index contributed by atoms with van der Waals surface area (Å²) < 4.78 is 12.1. The largest absolute Gasteiger partial charge is 0.485 e. The van der Waals surface area contributed by atoms with Crippen LogP contribution in [0.3, 0.4) is 0 Å².